The molecule has 0 aliphatic heterocycles. The molecule has 0 bridgehead atoms. The molecule has 0 aliphatic carbocycles. The summed E-state index contributed by atoms with van der Waals surface area (Å²) in [6, 6.07) is 11.9. The van der Waals surface area contributed by atoms with Gasteiger partial charge >= 0.3 is 6.03 Å². The van der Waals surface area contributed by atoms with E-state index >= 15 is 0 Å². The van der Waals surface area contributed by atoms with E-state index in [4.69, 9.17) is 0 Å². The molecule has 0 radical (unpaired) electrons. The molecule has 2 N–H and O–H groups in total. The van der Waals surface area contributed by atoms with Crippen LogP contribution in [0.2, 0.25) is 0 Å². The molecule has 0 saturated carbocycles. The molecule has 0 spiro atoms. The van der Waals surface area contributed by atoms with Gasteiger partial charge in [0.05, 0.1) is 0 Å². The van der Waals surface area contributed by atoms with Crippen molar-refractivity contribution in [2.24, 2.45) is 0 Å². The number of amides is 2. The molecule has 3 nitrogen and oxygen atoms in total. The molecule has 0 saturated heterocycles. The first kappa shape index (κ1) is 17.1. The Morgan fingerprint density at radius 1 is 0.870 bits per heavy atom. The van der Waals surface area contributed by atoms with Gasteiger partial charge in [-0.25, -0.2) is 4.79 Å². The molecule has 2 aromatic rings. The summed E-state index contributed by atoms with van der Waals surface area (Å²) in [4.78, 5) is 12.2. The SMILES string of the molecule is Cc1cc(C)c(NC(=O)Nc2ccc(C(C)(C)C)cc2)c(C)c1. The normalized spacial score (nSPS) is 11.2. The summed E-state index contributed by atoms with van der Waals surface area (Å²) in [6.07, 6.45) is 0. The Bertz CT molecular complexity index is 686. The lowest BCUT2D eigenvalue weighted by atomic mass is 9.87. The summed E-state index contributed by atoms with van der Waals surface area (Å²) >= 11 is 0. The predicted octanol–water partition coefficient (Wildman–Crippen LogP) is 5.55. The van der Waals surface area contributed by atoms with Gasteiger partial charge in [-0.15, -0.1) is 0 Å². The van der Waals surface area contributed by atoms with Crippen molar-refractivity contribution in [3.05, 3.63) is 58.7 Å². The Hall–Kier alpha value is -2.29. The number of carbonyl (C=O) groups is 1. The fourth-order valence-electron chi connectivity index (χ4n) is 2.71. The van der Waals surface area contributed by atoms with Crippen LogP contribution in [-0.4, -0.2) is 6.03 Å². The number of anilines is 2. The second-order valence-corrected chi connectivity index (χ2v) is 7.18. The molecule has 3 heteroatoms. The molecule has 2 rings (SSSR count). The zero-order chi connectivity index (χ0) is 17.2. The largest absolute Gasteiger partial charge is 0.323 e. The van der Waals surface area contributed by atoms with E-state index in [2.05, 4.69) is 62.6 Å². The number of benzene rings is 2. The summed E-state index contributed by atoms with van der Waals surface area (Å²) in [7, 11) is 0. The Morgan fingerprint density at radius 3 is 1.87 bits per heavy atom. The summed E-state index contributed by atoms with van der Waals surface area (Å²) in [5.74, 6) is 0. The maximum absolute atomic E-state index is 12.2. The van der Waals surface area contributed by atoms with E-state index in [1.807, 2.05) is 26.0 Å². The van der Waals surface area contributed by atoms with Crippen LogP contribution < -0.4 is 10.6 Å². The van der Waals surface area contributed by atoms with Crippen molar-refractivity contribution in [1.29, 1.82) is 0 Å². The highest BCUT2D eigenvalue weighted by Crippen LogP contribution is 2.24. The third-order valence-electron chi connectivity index (χ3n) is 3.92. The lowest BCUT2D eigenvalue weighted by molar-refractivity contribution is 0.262. The minimum Gasteiger partial charge on any atom is -0.308 e. The van der Waals surface area contributed by atoms with Gasteiger partial charge in [-0.3, -0.25) is 0 Å². The lowest BCUT2D eigenvalue weighted by Crippen LogP contribution is -2.21. The zero-order valence-electron chi connectivity index (χ0n) is 14.9. The summed E-state index contributed by atoms with van der Waals surface area (Å²) in [5.41, 5.74) is 6.35. The minimum atomic E-state index is -0.219. The van der Waals surface area contributed by atoms with E-state index in [0.717, 1.165) is 22.5 Å². The van der Waals surface area contributed by atoms with E-state index in [0.29, 0.717) is 0 Å². The lowest BCUT2D eigenvalue weighted by Gasteiger charge is -2.19. The Morgan fingerprint density at radius 2 is 1.39 bits per heavy atom. The third kappa shape index (κ3) is 4.35. The number of rotatable bonds is 2. The molecule has 23 heavy (non-hydrogen) atoms. The van der Waals surface area contributed by atoms with Crippen LogP contribution >= 0.6 is 0 Å². The third-order valence-corrected chi connectivity index (χ3v) is 3.92. The van der Waals surface area contributed by atoms with Gasteiger partial charge in [0.25, 0.3) is 0 Å². The molecular formula is C20H26N2O. The van der Waals surface area contributed by atoms with E-state index in [1.165, 1.54) is 11.1 Å². The standard InChI is InChI=1S/C20H26N2O/c1-13-11-14(2)18(15(3)12-13)22-19(23)21-17-9-7-16(8-10-17)20(4,5)6/h7-12H,1-6H3,(H2,21,22,23). The summed E-state index contributed by atoms with van der Waals surface area (Å²) in [6.45, 7) is 12.6. The van der Waals surface area contributed by atoms with Gasteiger partial charge < -0.3 is 10.6 Å². The van der Waals surface area contributed by atoms with Crippen molar-refractivity contribution in [3.8, 4) is 0 Å². The Kier molecular flexibility index (Phi) is 4.79. The highest BCUT2D eigenvalue weighted by atomic mass is 16.2. The van der Waals surface area contributed by atoms with Gasteiger partial charge in [0.2, 0.25) is 0 Å². The van der Waals surface area contributed by atoms with Crippen molar-refractivity contribution in [2.75, 3.05) is 10.6 Å². The van der Waals surface area contributed by atoms with Crippen LogP contribution in [0.15, 0.2) is 36.4 Å². The smallest absolute Gasteiger partial charge is 0.308 e. The number of aryl methyl sites for hydroxylation is 3. The van der Waals surface area contributed by atoms with Gasteiger partial charge in [0.15, 0.2) is 0 Å². The van der Waals surface area contributed by atoms with Crippen LogP contribution in [-0.2, 0) is 5.41 Å². The van der Waals surface area contributed by atoms with Crippen LogP contribution in [0.4, 0.5) is 16.2 Å². The van der Waals surface area contributed by atoms with Crippen LogP contribution in [0.25, 0.3) is 0 Å². The average molecular weight is 310 g/mol. The van der Waals surface area contributed by atoms with Crippen LogP contribution in [0.1, 0.15) is 43.0 Å². The van der Waals surface area contributed by atoms with Gasteiger partial charge in [0.1, 0.15) is 0 Å². The number of carbonyl (C=O) groups excluding carboxylic acids is 1. The van der Waals surface area contributed by atoms with Crippen LogP contribution in [0.5, 0.6) is 0 Å². The molecule has 0 atom stereocenters. The average Bonchev–Trinajstić information content (AvgIpc) is 2.42. The first-order valence-electron chi connectivity index (χ1n) is 7.93. The highest BCUT2D eigenvalue weighted by Gasteiger charge is 2.13. The highest BCUT2D eigenvalue weighted by molar-refractivity contribution is 6.00. The summed E-state index contributed by atoms with van der Waals surface area (Å²) < 4.78 is 0. The second-order valence-electron chi connectivity index (χ2n) is 7.18. The maximum Gasteiger partial charge on any atom is 0.323 e. The van der Waals surface area contributed by atoms with Crippen molar-refractivity contribution in [1.82, 2.24) is 0 Å². The van der Waals surface area contributed by atoms with Gasteiger partial charge in [-0.05, 0) is 55.0 Å². The molecule has 0 unspecified atom stereocenters. The quantitative estimate of drug-likeness (QED) is 0.749. The van der Waals surface area contributed by atoms with Gasteiger partial charge in [-0.1, -0.05) is 50.6 Å². The van der Waals surface area contributed by atoms with Crippen molar-refractivity contribution >= 4 is 17.4 Å². The molecule has 0 aliphatic rings. The first-order valence-corrected chi connectivity index (χ1v) is 7.93. The van der Waals surface area contributed by atoms with Crippen molar-refractivity contribution in [3.63, 3.8) is 0 Å². The number of hydrogen-bond donors (Lipinski definition) is 2. The number of nitrogens with one attached hydrogen (secondary N) is 2. The molecule has 0 fully saturated rings. The van der Waals surface area contributed by atoms with Crippen LogP contribution in [0.3, 0.4) is 0 Å². The van der Waals surface area contributed by atoms with Crippen molar-refractivity contribution in [2.45, 2.75) is 47.0 Å². The fraction of sp³-hybridized carbons (Fsp3) is 0.350. The monoisotopic (exact) mass is 310 g/mol. The molecule has 122 valence electrons. The van der Waals surface area contributed by atoms with E-state index in [-0.39, 0.29) is 11.4 Å². The van der Waals surface area contributed by atoms with E-state index in [1.54, 1.807) is 0 Å². The van der Waals surface area contributed by atoms with Crippen LogP contribution in [0, 0.1) is 20.8 Å². The Balaban J connectivity index is 2.08. The second kappa shape index (κ2) is 6.45. The molecule has 2 amide bonds. The summed E-state index contributed by atoms with van der Waals surface area (Å²) in [5, 5.41) is 5.84. The maximum atomic E-state index is 12.2. The fourth-order valence-corrected chi connectivity index (χ4v) is 2.71. The first-order chi connectivity index (χ1) is 10.7. The number of urea groups is 1. The van der Waals surface area contributed by atoms with Crippen molar-refractivity contribution < 1.29 is 4.79 Å². The Labute approximate surface area is 139 Å². The molecule has 0 heterocycles. The molecular weight excluding hydrogens is 284 g/mol. The topological polar surface area (TPSA) is 41.1 Å². The predicted molar refractivity (Wildman–Crippen MR) is 98.4 cm³/mol. The molecule has 0 aromatic heterocycles. The van der Waals surface area contributed by atoms with E-state index < -0.39 is 0 Å². The van der Waals surface area contributed by atoms with Gasteiger partial charge in [0, 0.05) is 11.4 Å². The number of hydrogen-bond acceptors (Lipinski definition) is 1. The zero-order valence-corrected chi connectivity index (χ0v) is 14.9. The van der Waals surface area contributed by atoms with Gasteiger partial charge in [-0.2, -0.15) is 0 Å². The van der Waals surface area contributed by atoms with E-state index in [9.17, 15) is 4.79 Å². The minimum absolute atomic E-state index is 0.108. The molecule has 2 aromatic carbocycles.